The molecule has 2 aromatic carbocycles. The summed E-state index contributed by atoms with van der Waals surface area (Å²) in [4.78, 5) is 12.1. The van der Waals surface area contributed by atoms with Crippen molar-refractivity contribution < 1.29 is 9.90 Å². The molecule has 0 saturated carbocycles. The van der Waals surface area contributed by atoms with Crippen LogP contribution in [0.4, 0.5) is 5.69 Å². The lowest BCUT2D eigenvalue weighted by molar-refractivity contribution is 0.102. The molecule has 3 rings (SSSR count). The van der Waals surface area contributed by atoms with Gasteiger partial charge in [0.2, 0.25) is 5.16 Å². The Morgan fingerprint density at radius 3 is 2.59 bits per heavy atom. The van der Waals surface area contributed by atoms with E-state index in [2.05, 4.69) is 33.5 Å². The summed E-state index contributed by atoms with van der Waals surface area (Å²) in [6.07, 6.45) is 0. The first-order valence-electron chi connectivity index (χ1n) is 6.31. The highest BCUT2D eigenvalue weighted by atomic mass is 32.1. The smallest absolute Gasteiger partial charge is 0.255 e. The van der Waals surface area contributed by atoms with Crippen LogP contribution in [0.5, 0.6) is 5.75 Å². The van der Waals surface area contributed by atoms with Gasteiger partial charge in [-0.3, -0.25) is 4.79 Å². The Labute approximate surface area is 131 Å². The van der Waals surface area contributed by atoms with Gasteiger partial charge in [0.1, 0.15) is 5.75 Å². The van der Waals surface area contributed by atoms with Gasteiger partial charge in [-0.05, 0) is 52.9 Å². The van der Waals surface area contributed by atoms with Gasteiger partial charge in [0, 0.05) is 11.3 Å². The minimum Gasteiger partial charge on any atom is -0.508 e. The van der Waals surface area contributed by atoms with Gasteiger partial charge in [0.05, 0.1) is 5.69 Å². The molecule has 22 heavy (non-hydrogen) atoms. The van der Waals surface area contributed by atoms with Gasteiger partial charge >= 0.3 is 0 Å². The van der Waals surface area contributed by atoms with Crippen LogP contribution >= 0.6 is 12.6 Å². The first-order valence-corrected chi connectivity index (χ1v) is 6.76. The molecule has 0 unspecified atom stereocenters. The predicted octanol–water partition coefficient (Wildman–Crippen LogP) is 1.91. The average molecular weight is 313 g/mol. The normalized spacial score (nSPS) is 10.4. The third kappa shape index (κ3) is 2.91. The number of anilines is 1. The molecule has 0 fully saturated rings. The number of aromatic nitrogens is 4. The number of aromatic hydroxyl groups is 1. The third-order valence-electron chi connectivity index (χ3n) is 2.93. The average Bonchev–Trinajstić information content (AvgIpc) is 2.94. The Bertz CT molecular complexity index is 816. The standard InChI is InChI=1S/C14H11N5O2S/c20-12-3-1-2-9(8-12)13(21)15-10-4-6-11(7-5-10)19-14(22)16-17-18-19/h1-8,20H,(H,15,21)(H,16,18,22). The zero-order valence-electron chi connectivity index (χ0n) is 11.2. The van der Waals surface area contributed by atoms with Crippen molar-refractivity contribution in [3.05, 3.63) is 54.1 Å². The number of carbonyl (C=O) groups excluding carboxylic acids is 1. The molecule has 8 heteroatoms. The van der Waals surface area contributed by atoms with Crippen molar-refractivity contribution in [2.75, 3.05) is 5.32 Å². The summed E-state index contributed by atoms with van der Waals surface area (Å²) in [5.41, 5.74) is 1.72. The van der Waals surface area contributed by atoms with Crippen molar-refractivity contribution in [2.24, 2.45) is 0 Å². The SMILES string of the molecule is O=C(Nc1ccc(-n2nnnc2S)cc1)c1cccc(O)c1. The number of phenols is 1. The summed E-state index contributed by atoms with van der Waals surface area (Å²) in [6, 6.07) is 13.1. The number of thiol groups is 1. The quantitative estimate of drug-likeness (QED) is 0.642. The minimum absolute atomic E-state index is 0.0444. The Hall–Kier alpha value is -2.87. The Morgan fingerprint density at radius 1 is 1.18 bits per heavy atom. The maximum absolute atomic E-state index is 12.1. The lowest BCUT2D eigenvalue weighted by Crippen LogP contribution is -2.11. The molecule has 1 amide bonds. The molecule has 0 saturated heterocycles. The van der Waals surface area contributed by atoms with Gasteiger partial charge in [-0.25, -0.2) is 0 Å². The number of hydrogen-bond acceptors (Lipinski definition) is 6. The van der Waals surface area contributed by atoms with Crippen molar-refractivity contribution >= 4 is 24.2 Å². The highest BCUT2D eigenvalue weighted by molar-refractivity contribution is 7.80. The predicted molar refractivity (Wildman–Crippen MR) is 82.5 cm³/mol. The number of tetrazole rings is 1. The van der Waals surface area contributed by atoms with E-state index in [1.54, 1.807) is 36.4 Å². The van der Waals surface area contributed by atoms with Crippen LogP contribution in [0.15, 0.2) is 53.7 Å². The number of carbonyl (C=O) groups is 1. The lowest BCUT2D eigenvalue weighted by Gasteiger charge is -2.07. The second kappa shape index (κ2) is 5.86. The molecule has 0 radical (unpaired) electrons. The van der Waals surface area contributed by atoms with Crippen LogP contribution in [0, 0.1) is 0 Å². The van der Waals surface area contributed by atoms with E-state index >= 15 is 0 Å². The molecule has 2 N–H and O–H groups in total. The molecule has 0 bridgehead atoms. The van der Waals surface area contributed by atoms with Gasteiger partial charge in [-0.1, -0.05) is 6.07 Å². The summed E-state index contributed by atoms with van der Waals surface area (Å²) in [5.74, 6) is -0.260. The van der Waals surface area contributed by atoms with E-state index in [9.17, 15) is 9.90 Å². The van der Waals surface area contributed by atoms with E-state index in [0.717, 1.165) is 5.69 Å². The van der Waals surface area contributed by atoms with Crippen LogP contribution in [0.3, 0.4) is 0 Å². The number of hydrogen-bond donors (Lipinski definition) is 3. The topological polar surface area (TPSA) is 92.9 Å². The fourth-order valence-electron chi connectivity index (χ4n) is 1.89. The van der Waals surface area contributed by atoms with Gasteiger partial charge in [0.25, 0.3) is 5.91 Å². The van der Waals surface area contributed by atoms with Crippen LogP contribution in [0.2, 0.25) is 0 Å². The maximum Gasteiger partial charge on any atom is 0.255 e. The van der Waals surface area contributed by atoms with Crippen molar-refractivity contribution in [1.29, 1.82) is 0 Å². The van der Waals surface area contributed by atoms with Crippen LogP contribution in [-0.4, -0.2) is 31.2 Å². The lowest BCUT2D eigenvalue weighted by atomic mass is 10.2. The summed E-state index contributed by atoms with van der Waals surface area (Å²) >= 11 is 4.13. The first kappa shape index (κ1) is 14.1. The molecule has 0 aliphatic rings. The molecule has 110 valence electrons. The Morgan fingerprint density at radius 2 is 1.95 bits per heavy atom. The zero-order valence-corrected chi connectivity index (χ0v) is 12.1. The minimum atomic E-state index is -0.305. The van der Waals surface area contributed by atoms with E-state index in [0.29, 0.717) is 16.4 Å². The molecule has 3 aromatic rings. The number of nitrogens with zero attached hydrogens (tertiary/aromatic N) is 4. The fraction of sp³-hybridized carbons (Fsp3) is 0. The highest BCUT2D eigenvalue weighted by Gasteiger charge is 2.08. The number of amides is 1. The second-order valence-corrected chi connectivity index (χ2v) is 4.84. The molecule has 0 aliphatic carbocycles. The van der Waals surface area contributed by atoms with E-state index in [-0.39, 0.29) is 11.7 Å². The molecule has 1 aromatic heterocycles. The largest absolute Gasteiger partial charge is 0.508 e. The molecule has 0 aliphatic heterocycles. The molecule has 1 heterocycles. The van der Waals surface area contributed by atoms with Gasteiger partial charge in [0.15, 0.2) is 0 Å². The summed E-state index contributed by atoms with van der Waals surface area (Å²) < 4.78 is 1.46. The van der Waals surface area contributed by atoms with Crippen LogP contribution < -0.4 is 5.32 Å². The van der Waals surface area contributed by atoms with Gasteiger partial charge in [-0.2, -0.15) is 4.68 Å². The van der Waals surface area contributed by atoms with Crippen LogP contribution in [0.25, 0.3) is 5.69 Å². The fourth-order valence-corrected chi connectivity index (χ4v) is 2.08. The van der Waals surface area contributed by atoms with Crippen LogP contribution in [0.1, 0.15) is 10.4 Å². The molecular weight excluding hydrogens is 302 g/mol. The van der Waals surface area contributed by atoms with Crippen molar-refractivity contribution in [3.8, 4) is 11.4 Å². The monoisotopic (exact) mass is 313 g/mol. The summed E-state index contributed by atoms with van der Waals surface area (Å²) in [7, 11) is 0. The van der Waals surface area contributed by atoms with Gasteiger partial charge in [-0.15, -0.1) is 17.7 Å². The Balaban J connectivity index is 1.76. The van der Waals surface area contributed by atoms with E-state index in [4.69, 9.17) is 0 Å². The summed E-state index contributed by atoms with van der Waals surface area (Å²) in [6.45, 7) is 0. The summed E-state index contributed by atoms with van der Waals surface area (Å²) in [5, 5.41) is 23.5. The Kier molecular flexibility index (Phi) is 3.75. The number of phenolic OH excluding ortho intramolecular Hbond substituents is 1. The third-order valence-corrected chi connectivity index (χ3v) is 3.21. The second-order valence-electron chi connectivity index (χ2n) is 4.44. The van der Waals surface area contributed by atoms with Crippen molar-refractivity contribution in [2.45, 2.75) is 5.16 Å². The molecule has 0 spiro atoms. The number of benzene rings is 2. The number of nitrogens with one attached hydrogen (secondary N) is 1. The zero-order chi connectivity index (χ0) is 15.5. The molecule has 7 nitrogen and oxygen atoms in total. The van der Waals surface area contributed by atoms with Crippen LogP contribution in [-0.2, 0) is 0 Å². The van der Waals surface area contributed by atoms with E-state index in [1.807, 2.05) is 0 Å². The molecular formula is C14H11N5O2S. The van der Waals surface area contributed by atoms with E-state index in [1.165, 1.54) is 16.8 Å². The maximum atomic E-state index is 12.1. The van der Waals surface area contributed by atoms with Gasteiger partial charge < -0.3 is 10.4 Å². The van der Waals surface area contributed by atoms with Crippen molar-refractivity contribution in [1.82, 2.24) is 20.2 Å². The van der Waals surface area contributed by atoms with E-state index < -0.39 is 0 Å². The molecule has 0 atom stereocenters. The number of rotatable bonds is 3. The highest BCUT2D eigenvalue weighted by Crippen LogP contribution is 2.17. The van der Waals surface area contributed by atoms with Crippen molar-refractivity contribution in [3.63, 3.8) is 0 Å². The first-order chi connectivity index (χ1) is 10.6.